The van der Waals surface area contributed by atoms with Crippen molar-refractivity contribution in [1.82, 2.24) is 0 Å². The summed E-state index contributed by atoms with van der Waals surface area (Å²) in [6.07, 6.45) is -0.543. The zero-order valence-electron chi connectivity index (χ0n) is 10.4. The van der Waals surface area contributed by atoms with Gasteiger partial charge in [-0.1, -0.05) is 11.6 Å². The molecule has 0 saturated carbocycles. The molecular weight excluding hydrogens is 256 g/mol. The van der Waals surface area contributed by atoms with E-state index in [1.165, 1.54) is 14.0 Å². The Morgan fingerprint density at radius 3 is 2.50 bits per heavy atom. The van der Waals surface area contributed by atoms with Crippen LogP contribution in [-0.2, 0) is 14.3 Å². The third-order valence-electron chi connectivity index (χ3n) is 2.27. The molecule has 0 aliphatic heterocycles. The number of methoxy groups -OCH3 is 1. The topological polar surface area (TPSA) is 67.4 Å². The van der Waals surface area contributed by atoms with Gasteiger partial charge in [-0.2, -0.15) is 0 Å². The molecule has 0 heterocycles. The van der Waals surface area contributed by atoms with E-state index in [-0.39, 0.29) is 11.8 Å². The SMILES string of the molecule is COC(C)C(=O)Nc1ccc(NC(C)=O)c(Cl)c1. The van der Waals surface area contributed by atoms with Crippen molar-refractivity contribution < 1.29 is 14.3 Å². The Kier molecular flexibility index (Phi) is 5.12. The molecule has 0 radical (unpaired) electrons. The van der Waals surface area contributed by atoms with E-state index in [1.807, 2.05) is 0 Å². The van der Waals surface area contributed by atoms with Gasteiger partial charge >= 0.3 is 0 Å². The minimum atomic E-state index is -0.543. The molecule has 2 N–H and O–H groups in total. The van der Waals surface area contributed by atoms with Gasteiger partial charge in [-0.25, -0.2) is 0 Å². The van der Waals surface area contributed by atoms with Crippen molar-refractivity contribution in [2.45, 2.75) is 20.0 Å². The van der Waals surface area contributed by atoms with E-state index >= 15 is 0 Å². The van der Waals surface area contributed by atoms with Crippen molar-refractivity contribution in [2.24, 2.45) is 0 Å². The van der Waals surface area contributed by atoms with Gasteiger partial charge in [-0.3, -0.25) is 9.59 Å². The van der Waals surface area contributed by atoms with Gasteiger partial charge in [0.25, 0.3) is 5.91 Å². The maximum atomic E-state index is 11.6. The minimum absolute atomic E-state index is 0.207. The third-order valence-corrected chi connectivity index (χ3v) is 2.58. The number of anilines is 2. The number of hydrogen-bond donors (Lipinski definition) is 2. The van der Waals surface area contributed by atoms with E-state index in [4.69, 9.17) is 16.3 Å². The molecule has 0 fully saturated rings. The normalized spacial score (nSPS) is 11.8. The number of benzene rings is 1. The molecule has 0 aromatic heterocycles. The predicted molar refractivity (Wildman–Crippen MR) is 70.9 cm³/mol. The molecule has 18 heavy (non-hydrogen) atoms. The van der Waals surface area contributed by atoms with Gasteiger partial charge in [0.15, 0.2) is 0 Å². The molecule has 0 spiro atoms. The van der Waals surface area contributed by atoms with Crippen LogP contribution in [0.1, 0.15) is 13.8 Å². The Balaban J connectivity index is 2.78. The molecule has 0 aliphatic carbocycles. The van der Waals surface area contributed by atoms with E-state index < -0.39 is 6.10 Å². The van der Waals surface area contributed by atoms with Crippen molar-refractivity contribution in [2.75, 3.05) is 17.7 Å². The lowest BCUT2D eigenvalue weighted by atomic mass is 10.2. The third kappa shape index (κ3) is 4.01. The monoisotopic (exact) mass is 270 g/mol. The Hall–Kier alpha value is -1.59. The summed E-state index contributed by atoms with van der Waals surface area (Å²) in [4.78, 5) is 22.5. The quantitative estimate of drug-likeness (QED) is 0.882. The fourth-order valence-corrected chi connectivity index (χ4v) is 1.46. The maximum Gasteiger partial charge on any atom is 0.253 e. The largest absolute Gasteiger partial charge is 0.372 e. The molecule has 1 unspecified atom stereocenters. The Bertz CT molecular complexity index is 463. The van der Waals surface area contributed by atoms with Crippen LogP contribution in [0.25, 0.3) is 0 Å². The highest BCUT2D eigenvalue weighted by molar-refractivity contribution is 6.34. The van der Waals surface area contributed by atoms with Crippen molar-refractivity contribution in [3.05, 3.63) is 23.2 Å². The molecule has 1 aromatic carbocycles. The van der Waals surface area contributed by atoms with Crippen LogP contribution in [-0.4, -0.2) is 25.0 Å². The molecule has 1 atom stereocenters. The number of nitrogens with one attached hydrogen (secondary N) is 2. The number of carbonyl (C=O) groups excluding carboxylic acids is 2. The highest BCUT2D eigenvalue weighted by Crippen LogP contribution is 2.25. The highest BCUT2D eigenvalue weighted by Gasteiger charge is 2.12. The van der Waals surface area contributed by atoms with Gasteiger partial charge in [0.2, 0.25) is 5.91 Å². The first-order valence-electron chi connectivity index (χ1n) is 5.35. The van der Waals surface area contributed by atoms with Gasteiger partial charge in [0.05, 0.1) is 10.7 Å². The number of amides is 2. The number of ether oxygens (including phenoxy) is 1. The van der Waals surface area contributed by atoms with E-state index in [0.29, 0.717) is 16.4 Å². The lowest BCUT2D eigenvalue weighted by Gasteiger charge is -2.12. The van der Waals surface area contributed by atoms with E-state index in [0.717, 1.165) is 0 Å². The highest BCUT2D eigenvalue weighted by atomic mass is 35.5. The lowest BCUT2D eigenvalue weighted by molar-refractivity contribution is -0.124. The molecular formula is C12H15ClN2O3. The van der Waals surface area contributed by atoms with Crippen LogP contribution in [0.15, 0.2) is 18.2 Å². The zero-order valence-corrected chi connectivity index (χ0v) is 11.2. The summed E-state index contributed by atoms with van der Waals surface area (Å²) in [5, 5.41) is 5.59. The fourth-order valence-electron chi connectivity index (χ4n) is 1.23. The van der Waals surface area contributed by atoms with Crippen molar-refractivity contribution in [1.29, 1.82) is 0 Å². The second-order valence-electron chi connectivity index (χ2n) is 3.74. The number of halogens is 1. The average molecular weight is 271 g/mol. The molecule has 98 valence electrons. The van der Waals surface area contributed by atoms with Crippen LogP contribution in [0, 0.1) is 0 Å². The zero-order chi connectivity index (χ0) is 13.7. The first-order chi connectivity index (χ1) is 8.43. The molecule has 0 bridgehead atoms. The summed E-state index contributed by atoms with van der Waals surface area (Å²) in [7, 11) is 1.46. The maximum absolute atomic E-state index is 11.6. The van der Waals surface area contributed by atoms with Gasteiger partial charge < -0.3 is 15.4 Å². The number of carbonyl (C=O) groups is 2. The molecule has 6 heteroatoms. The van der Waals surface area contributed by atoms with Gasteiger partial charge in [0, 0.05) is 19.7 Å². The Morgan fingerprint density at radius 2 is 2.00 bits per heavy atom. The molecule has 1 aromatic rings. The first-order valence-corrected chi connectivity index (χ1v) is 5.72. The standard InChI is InChI=1S/C12H15ClN2O3/c1-7(18-3)12(17)15-9-4-5-11(10(13)6-9)14-8(2)16/h4-7H,1-3H3,(H,14,16)(H,15,17). The molecule has 0 aliphatic rings. The smallest absolute Gasteiger partial charge is 0.253 e. The van der Waals surface area contributed by atoms with E-state index in [9.17, 15) is 9.59 Å². The van der Waals surface area contributed by atoms with Crippen molar-refractivity contribution >= 4 is 34.8 Å². The molecule has 5 nitrogen and oxygen atoms in total. The molecule has 2 amide bonds. The first kappa shape index (κ1) is 14.5. The molecule has 0 saturated heterocycles. The van der Waals surface area contributed by atoms with Crippen LogP contribution in [0.5, 0.6) is 0 Å². The summed E-state index contributed by atoms with van der Waals surface area (Å²) in [5.41, 5.74) is 1.05. The summed E-state index contributed by atoms with van der Waals surface area (Å²) >= 11 is 5.97. The predicted octanol–water partition coefficient (Wildman–Crippen LogP) is 2.27. The van der Waals surface area contributed by atoms with Gasteiger partial charge in [-0.05, 0) is 25.1 Å². The van der Waals surface area contributed by atoms with Crippen LogP contribution >= 0.6 is 11.6 Å². The minimum Gasteiger partial charge on any atom is -0.372 e. The molecule has 1 rings (SSSR count). The lowest BCUT2D eigenvalue weighted by Crippen LogP contribution is -2.26. The second kappa shape index (κ2) is 6.37. The summed E-state index contributed by atoms with van der Waals surface area (Å²) in [6.45, 7) is 3.04. The van der Waals surface area contributed by atoms with E-state index in [1.54, 1.807) is 25.1 Å². The Morgan fingerprint density at radius 1 is 1.33 bits per heavy atom. The average Bonchev–Trinajstić information content (AvgIpc) is 2.31. The van der Waals surface area contributed by atoms with Crippen LogP contribution in [0.2, 0.25) is 5.02 Å². The summed E-state index contributed by atoms with van der Waals surface area (Å²) < 4.78 is 4.89. The number of hydrogen-bond acceptors (Lipinski definition) is 3. The summed E-state index contributed by atoms with van der Waals surface area (Å²) in [5.74, 6) is -0.470. The van der Waals surface area contributed by atoms with Gasteiger partial charge in [0.1, 0.15) is 6.10 Å². The fraction of sp³-hybridized carbons (Fsp3) is 0.333. The van der Waals surface area contributed by atoms with E-state index in [2.05, 4.69) is 10.6 Å². The second-order valence-corrected chi connectivity index (χ2v) is 4.15. The van der Waals surface area contributed by atoms with Crippen LogP contribution in [0.3, 0.4) is 0 Å². The number of rotatable bonds is 4. The Labute approximate surface area is 110 Å². The summed E-state index contributed by atoms with van der Waals surface area (Å²) in [6, 6.07) is 4.83. The van der Waals surface area contributed by atoms with Crippen LogP contribution in [0.4, 0.5) is 11.4 Å². The van der Waals surface area contributed by atoms with Crippen molar-refractivity contribution in [3.8, 4) is 0 Å². The van der Waals surface area contributed by atoms with Crippen molar-refractivity contribution in [3.63, 3.8) is 0 Å². The van der Waals surface area contributed by atoms with Gasteiger partial charge in [-0.15, -0.1) is 0 Å². The van der Waals surface area contributed by atoms with Crippen LogP contribution < -0.4 is 10.6 Å².